The lowest BCUT2D eigenvalue weighted by Crippen LogP contribution is -2.25. The van der Waals surface area contributed by atoms with Gasteiger partial charge in [-0.3, -0.25) is 4.79 Å². The fourth-order valence-electron chi connectivity index (χ4n) is 1.61. The minimum atomic E-state index is -0.176. The van der Waals surface area contributed by atoms with Crippen molar-refractivity contribution in [1.82, 2.24) is 0 Å². The number of nitrogens with zero attached hydrogens (tertiary/aromatic N) is 2. The summed E-state index contributed by atoms with van der Waals surface area (Å²) in [7, 11) is 1.66. The topological polar surface area (TPSA) is 92.1 Å². The van der Waals surface area contributed by atoms with Crippen molar-refractivity contribution >= 4 is 17.4 Å². The number of hydrogen-bond acceptors (Lipinski definition) is 4. The highest BCUT2D eigenvalue weighted by Crippen LogP contribution is 2.16. The fraction of sp³-hybridized carbons (Fsp3) is 0.0769. The Balaban J connectivity index is 2.20. The van der Waals surface area contributed by atoms with Crippen molar-refractivity contribution in [2.75, 3.05) is 11.9 Å². The number of anilines is 1. The van der Waals surface area contributed by atoms with Gasteiger partial charge in [-0.2, -0.15) is 0 Å². The molecule has 0 aliphatic heterocycles. The van der Waals surface area contributed by atoms with Crippen LogP contribution in [0.4, 0.5) is 5.69 Å². The number of amidine groups is 1. The number of amides is 1. The molecule has 1 amide bonds. The standard InChI is InChI=1S/C13H13N3O3/c1-16(13(17)10-6-7-19-8-10)11-4-2-9(3-5-11)12(14)15-18/h2-8,18H,1H3,(H2,14,15). The molecular formula is C13H13N3O3. The number of carbonyl (C=O) groups is 1. The Morgan fingerprint density at radius 3 is 2.47 bits per heavy atom. The lowest BCUT2D eigenvalue weighted by atomic mass is 10.1. The Hall–Kier alpha value is -2.76. The molecule has 2 aromatic rings. The molecule has 98 valence electrons. The van der Waals surface area contributed by atoms with Gasteiger partial charge in [0.25, 0.3) is 5.91 Å². The minimum Gasteiger partial charge on any atom is -0.472 e. The highest BCUT2D eigenvalue weighted by Gasteiger charge is 2.14. The van der Waals surface area contributed by atoms with Crippen LogP contribution in [-0.4, -0.2) is 24.0 Å². The van der Waals surface area contributed by atoms with Gasteiger partial charge in [-0.25, -0.2) is 0 Å². The Bertz CT molecular complexity index is 588. The number of carbonyl (C=O) groups excluding carboxylic acids is 1. The molecule has 6 heteroatoms. The van der Waals surface area contributed by atoms with Crippen LogP contribution in [0.15, 0.2) is 52.4 Å². The molecule has 1 heterocycles. The van der Waals surface area contributed by atoms with Crippen LogP contribution >= 0.6 is 0 Å². The van der Waals surface area contributed by atoms with Crippen LogP contribution in [0.2, 0.25) is 0 Å². The average Bonchev–Trinajstić information content (AvgIpc) is 2.99. The quantitative estimate of drug-likeness (QED) is 0.379. The van der Waals surface area contributed by atoms with Gasteiger partial charge in [-0.05, 0) is 30.3 Å². The zero-order chi connectivity index (χ0) is 13.8. The second-order valence-electron chi connectivity index (χ2n) is 3.91. The summed E-state index contributed by atoms with van der Waals surface area (Å²) >= 11 is 0. The predicted octanol–water partition coefficient (Wildman–Crippen LogP) is 1.65. The first kappa shape index (κ1) is 12.7. The number of rotatable bonds is 3. The van der Waals surface area contributed by atoms with Gasteiger partial charge in [0, 0.05) is 18.3 Å². The summed E-state index contributed by atoms with van der Waals surface area (Å²) in [6.07, 6.45) is 2.84. The second kappa shape index (κ2) is 5.26. The van der Waals surface area contributed by atoms with Crippen LogP contribution in [-0.2, 0) is 0 Å². The van der Waals surface area contributed by atoms with E-state index in [1.54, 1.807) is 37.4 Å². The van der Waals surface area contributed by atoms with E-state index in [0.29, 0.717) is 16.8 Å². The molecule has 0 saturated carbocycles. The molecule has 1 aromatic heterocycles. The monoisotopic (exact) mass is 259 g/mol. The van der Waals surface area contributed by atoms with E-state index in [-0.39, 0.29) is 11.7 Å². The first-order valence-corrected chi connectivity index (χ1v) is 5.51. The molecule has 0 unspecified atom stereocenters. The molecule has 1 aromatic carbocycles. The van der Waals surface area contributed by atoms with Gasteiger partial charge >= 0.3 is 0 Å². The van der Waals surface area contributed by atoms with Gasteiger partial charge in [-0.15, -0.1) is 0 Å². The van der Waals surface area contributed by atoms with Crippen LogP contribution in [0.5, 0.6) is 0 Å². The summed E-state index contributed by atoms with van der Waals surface area (Å²) in [5.41, 5.74) is 7.21. The van der Waals surface area contributed by atoms with E-state index >= 15 is 0 Å². The van der Waals surface area contributed by atoms with Crippen molar-refractivity contribution in [3.63, 3.8) is 0 Å². The maximum absolute atomic E-state index is 12.1. The van der Waals surface area contributed by atoms with Crippen molar-refractivity contribution in [3.05, 3.63) is 54.0 Å². The molecule has 0 radical (unpaired) electrons. The third kappa shape index (κ3) is 2.57. The van der Waals surface area contributed by atoms with E-state index < -0.39 is 0 Å². The Kier molecular flexibility index (Phi) is 3.51. The number of nitrogens with two attached hydrogens (primary N) is 1. The smallest absolute Gasteiger partial charge is 0.261 e. The molecule has 0 aliphatic carbocycles. The zero-order valence-corrected chi connectivity index (χ0v) is 10.3. The van der Waals surface area contributed by atoms with Crippen molar-refractivity contribution in [2.24, 2.45) is 10.9 Å². The van der Waals surface area contributed by atoms with E-state index in [2.05, 4.69) is 5.16 Å². The Morgan fingerprint density at radius 1 is 1.26 bits per heavy atom. The summed E-state index contributed by atoms with van der Waals surface area (Å²) in [6.45, 7) is 0. The number of oxime groups is 1. The Labute approximate surface area is 109 Å². The molecule has 2 rings (SSSR count). The third-order valence-electron chi connectivity index (χ3n) is 2.73. The SMILES string of the molecule is CN(C(=O)c1ccoc1)c1ccc(C(N)=NO)cc1. The molecule has 0 fully saturated rings. The van der Waals surface area contributed by atoms with Crippen molar-refractivity contribution in [1.29, 1.82) is 0 Å². The van der Waals surface area contributed by atoms with Gasteiger partial charge in [-0.1, -0.05) is 5.16 Å². The van der Waals surface area contributed by atoms with E-state index in [1.165, 1.54) is 17.4 Å². The van der Waals surface area contributed by atoms with E-state index in [9.17, 15) is 4.79 Å². The number of furan rings is 1. The minimum absolute atomic E-state index is 0.0235. The maximum atomic E-state index is 12.1. The van der Waals surface area contributed by atoms with Crippen molar-refractivity contribution in [3.8, 4) is 0 Å². The largest absolute Gasteiger partial charge is 0.472 e. The van der Waals surface area contributed by atoms with Gasteiger partial charge in [0.05, 0.1) is 11.8 Å². The average molecular weight is 259 g/mol. The van der Waals surface area contributed by atoms with Crippen molar-refractivity contribution < 1.29 is 14.4 Å². The van der Waals surface area contributed by atoms with Crippen LogP contribution < -0.4 is 10.6 Å². The molecule has 0 spiro atoms. The van der Waals surface area contributed by atoms with Gasteiger partial charge in [0.15, 0.2) is 5.84 Å². The summed E-state index contributed by atoms with van der Waals surface area (Å²) in [6, 6.07) is 8.37. The van der Waals surface area contributed by atoms with Crippen LogP contribution in [0.1, 0.15) is 15.9 Å². The van der Waals surface area contributed by atoms with Crippen LogP contribution in [0, 0.1) is 0 Å². The molecule has 3 N–H and O–H groups in total. The molecule has 0 bridgehead atoms. The predicted molar refractivity (Wildman–Crippen MR) is 70.4 cm³/mol. The van der Waals surface area contributed by atoms with E-state index in [1.807, 2.05) is 0 Å². The lowest BCUT2D eigenvalue weighted by Gasteiger charge is -2.16. The molecule has 6 nitrogen and oxygen atoms in total. The van der Waals surface area contributed by atoms with Gasteiger partial charge in [0.2, 0.25) is 0 Å². The van der Waals surface area contributed by atoms with Crippen LogP contribution in [0.3, 0.4) is 0 Å². The Morgan fingerprint density at radius 2 is 1.95 bits per heavy atom. The molecular weight excluding hydrogens is 246 g/mol. The highest BCUT2D eigenvalue weighted by molar-refractivity contribution is 6.05. The van der Waals surface area contributed by atoms with Gasteiger partial charge in [0.1, 0.15) is 6.26 Å². The highest BCUT2D eigenvalue weighted by atomic mass is 16.4. The molecule has 0 saturated heterocycles. The van der Waals surface area contributed by atoms with Gasteiger partial charge < -0.3 is 20.3 Å². The zero-order valence-electron chi connectivity index (χ0n) is 10.3. The first-order chi connectivity index (χ1) is 9.13. The molecule has 0 aliphatic rings. The summed E-state index contributed by atoms with van der Waals surface area (Å²) in [4.78, 5) is 13.5. The first-order valence-electron chi connectivity index (χ1n) is 5.51. The fourth-order valence-corrected chi connectivity index (χ4v) is 1.61. The summed E-state index contributed by atoms with van der Waals surface area (Å²) < 4.78 is 4.88. The number of hydrogen-bond donors (Lipinski definition) is 2. The molecule has 19 heavy (non-hydrogen) atoms. The molecule has 0 atom stereocenters. The maximum Gasteiger partial charge on any atom is 0.261 e. The number of benzene rings is 1. The summed E-state index contributed by atoms with van der Waals surface area (Å²) in [5.74, 6) is -0.152. The van der Waals surface area contributed by atoms with Crippen molar-refractivity contribution in [2.45, 2.75) is 0 Å². The second-order valence-corrected chi connectivity index (χ2v) is 3.91. The van der Waals surface area contributed by atoms with Crippen LogP contribution in [0.25, 0.3) is 0 Å². The summed E-state index contributed by atoms with van der Waals surface area (Å²) in [5, 5.41) is 11.5. The normalized spacial score (nSPS) is 11.3. The third-order valence-corrected chi connectivity index (χ3v) is 2.73. The van der Waals surface area contributed by atoms with E-state index in [0.717, 1.165) is 0 Å². The van der Waals surface area contributed by atoms with E-state index in [4.69, 9.17) is 15.4 Å². The lowest BCUT2D eigenvalue weighted by molar-refractivity contribution is 0.0992.